The number of benzene rings is 1. The van der Waals surface area contributed by atoms with Crippen LogP contribution in [-0.4, -0.2) is 43.7 Å². The normalized spacial score (nSPS) is 17.8. The summed E-state index contributed by atoms with van der Waals surface area (Å²) in [5.41, 5.74) is 0.706. The fourth-order valence-corrected chi connectivity index (χ4v) is 2.48. The van der Waals surface area contributed by atoms with Crippen molar-refractivity contribution >= 4 is 11.7 Å². The van der Waals surface area contributed by atoms with Crippen molar-refractivity contribution in [2.45, 2.75) is 25.8 Å². The maximum absolute atomic E-state index is 12.3. The number of urea groups is 1. The molecule has 0 saturated carbocycles. The van der Waals surface area contributed by atoms with Gasteiger partial charge < -0.3 is 20.3 Å². The molecule has 0 spiro atoms. The van der Waals surface area contributed by atoms with Gasteiger partial charge in [-0.2, -0.15) is 0 Å². The Morgan fingerprint density at radius 2 is 2.30 bits per heavy atom. The minimum Gasteiger partial charge on any atom is -0.495 e. The molecule has 1 aliphatic heterocycles. The summed E-state index contributed by atoms with van der Waals surface area (Å²) in [4.78, 5) is 14.2. The number of methoxy groups -OCH3 is 1. The highest BCUT2D eigenvalue weighted by Crippen LogP contribution is 2.23. The molecule has 1 aliphatic rings. The largest absolute Gasteiger partial charge is 0.495 e. The number of likely N-dealkylation sites (N-methyl/N-ethyl adjacent to an activating group) is 1. The molecule has 20 heavy (non-hydrogen) atoms. The number of amides is 2. The van der Waals surface area contributed by atoms with Gasteiger partial charge in [0.25, 0.3) is 0 Å². The van der Waals surface area contributed by atoms with Gasteiger partial charge in [-0.3, -0.25) is 0 Å². The molecular formula is C15H23N3O2. The molecule has 2 rings (SSSR count). The maximum atomic E-state index is 12.3. The van der Waals surface area contributed by atoms with E-state index < -0.39 is 0 Å². The summed E-state index contributed by atoms with van der Waals surface area (Å²) >= 11 is 0. The van der Waals surface area contributed by atoms with Crippen molar-refractivity contribution in [3.63, 3.8) is 0 Å². The number of carbonyl (C=O) groups is 1. The quantitative estimate of drug-likeness (QED) is 0.868. The molecule has 0 aromatic heterocycles. The Morgan fingerprint density at radius 3 is 2.95 bits per heavy atom. The second-order valence-corrected chi connectivity index (χ2v) is 4.96. The fourth-order valence-electron chi connectivity index (χ4n) is 2.48. The van der Waals surface area contributed by atoms with E-state index in [9.17, 15) is 4.79 Å². The van der Waals surface area contributed by atoms with Crippen LogP contribution < -0.4 is 15.4 Å². The van der Waals surface area contributed by atoms with E-state index in [1.807, 2.05) is 36.1 Å². The predicted octanol–water partition coefficient (Wildman–Crippen LogP) is 2.30. The molecule has 1 aromatic rings. The highest BCUT2D eigenvalue weighted by Gasteiger charge is 2.20. The Hall–Kier alpha value is -1.75. The van der Waals surface area contributed by atoms with E-state index in [4.69, 9.17) is 4.74 Å². The summed E-state index contributed by atoms with van der Waals surface area (Å²) in [7, 11) is 1.60. The van der Waals surface area contributed by atoms with Crippen LogP contribution in [0.5, 0.6) is 5.75 Å². The third kappa shape index (κ3) is 3.63. The van der Waals surface area contributed by atoms with E-state index in [1.165, 1.54) is 6.42 Å². The monoisotopic (exact) mass is 277 g/mol. The van der Waals surface area contributed by atoms with Crippen LogP contribution in [0.15, 0.2) is 24.3 Å². The first-order valence-electron chi connectivity index (χ1n) is 7.17. The van der Waals surface area contributed by atoms with Gasteiger partial charge in [0, 0.05) is 19.1 Å². The van der Waals surface area contributed by atoms with Crippen LogP contribution in [0.2, 0.25) is 0 Å². The van der Waals surface area contributed by atoms with Crippen molar-refractivity contribution in [2.24, 2.45) is 0 Å². The van der Waals surface area contributed by atoms with E-state index in [-0.39, 0.29) is 6.03 Å². The van der Waals surface area contributed by atoms with E-state index in [0.29, 0.717) is 24.0 Å². The van der Waals surface area contributed by atoms with Gasteiger partial charge in [-0.25, -0.2) is 4.79 Å². The Kier molecular flexibility index (Phi) is 5.24. The summed E-state index contributed by atoms with van der Waals surface area (Å²) in [6.45, 7) is 4.49. The number of rotatable bonds is 5. The summed E-state index contributed by atoms with van der Waals surface area (Å²) in [5, 5.41) is 6.34. The molecule has 5 nitrogen and oxygen atoms in total. The highest BCUT2D eigenvalue weighted by molar-refractivity contribution is 5.91. The molecule has 1 aromatic carbocycles. The van der Waals surface area contributed by atoms with Gasteiger partial charge in [0.15, 0.2) is 0 Å². The third-order valence-electron chi connectivity index (χ3n) is 3.62. The standard InChI is InChI=1S/C15H23N3O2/c1-3-18(11-12-7-6-10-16-12)15(19)17-13-8-4-5-9-14(13)20-2/h4-5,8-9,12,16H,3,6-7,10-11H2,1-2H3,(H,17,19). The molecule has 1 fully saturated rings. The van der Waals surface area contributed by atoms with Crippen LogP contribution in [0.25, 0.3) is 0 Å². The zero-order valence-electron chi connectivity index (χ0n) is 12.2. The van der Waals surface area contributed by atoms with Crippen LogP contribution in [0, 0.1) is 0 Å². The number of carbonyl (C=O) groups excluding carboxylic acids is 1. The number of anilines is 1. The predicted molar refractivity (Wildman–Crippen MR) is 80.3 cm³/mol. The number of ether oxygens (including phenoxy) is 1. The van der Waals surface area contributed by atoms with E-state index in [0.717, 1.165) is 19.5 Å². The summed E-state index contributed by atoms with van der Waals surface area (Å²) in [6, 6.07) is 7.79. The molecule has 2 amide bonds. The maximum Gasteiger partial charge on any atom is 0.321 e. The second kappa shape index (κ2) is 7.14. The first kappa shape index (κ1) is 14.7. The van der Waals surface area contributed by atoms with Crippen molar-refractivity contribution in [3.8, 4) is 5.75 Å². The van der Waals surface area contributed by atoms with E-state index in [1.54, 1.807) is 7.11 Å². The van der Waals surface area contributed by atoms with Crippen LogP contribution >= 0.6 is 0 Å². The van der Waals surface area contributed by atoms with Crippen LogP contribution in [0.3, 0.4) is 0 Å². The number of para-hydroxylation sites is 2. The average Bonchev–Trinajstić information content (AvgIpc) is 2.98. The lowest BCUT2D eigenvalue weighted by atomic mass is 10.2. The molecule has 0 aliphatic carbocycles. The molecule has 1 unspecified atom stereocenters. The minimum atomic E-state index is -0.0781. The molecule has 1 heterocycles. The number of hydrogen-bond acceptors (Lipinski definition) is 3. The third-order valence-corrected chi connectivity index (χ3v) is 3.62. The summed E-state index contributed by atoms with van der Waals surface area (Å²) in [6.07, 6.45) is 2.33. The van der Waals surface area contributed by atoms with Gasteiger partial charge in [0.1, 0.15) is 5.75 Å². The van der Waals surface area contributed by atoms with Crippen LogP contribution in [0.4, 0.5) is 10.5 Å². The highest BCUT2D eigenvalue weighted by atomic mass is 16.5. The zero-order valence-corrected chi connectivity index (χ0v) is 12.2. The smallest absolute Gasteiger partial charge is 0.321 e. The van der Waals surface area contributed by atoms with Crippen molar-refractivity contribution < 1.29 is 9.53 Å². The van der Waals surface area contributed by atoms with Crippen LogP contribution in [0.1, 0.15) is 19.8 Å². The lowest BCUT2D eigenvalue weighted by Crippen LogP contribution is -2.43. The second-order valence-electron chi connectivity index (χ2n) is 4.96. The number of nitrogens with one attached hydrogen (secondary N) is 2. The lowest BCUT2D eigenvalue weighted by molar-refractivity contribution is 0.209. The van der Waals surface area contributed by atoms with Crippen molar-refractivity contribution in [3.05, 3.63) is 24.3 Å². The Balaban J connectivity index is 1.97. The van der Waals surface area contributed by atoms with Gasteiger partial charge in [0.05, 0.1) is 12.8 Å². The first-order chi connectivity index (χ1) is 9.74. The van der Waals surface area contributed by atoms with Gasteiger partial charge in [0.2, 0.25) is 0 Å². The van der Waals surface area contributed by atoms with Gasteiger partial charge >= 0.3 is 6.03 Å². The molecular weight excluding hydrogens is 254 g/mol. The summed E-state index contributed by atoms with van der Waals surface area (Å²) in [5.74, 6) is 0.677. The Labute approximate surface area is 120 Å². The molecule has 110 valence electrons. The molecule has 0 radical (unpaired) electrons. The fraction of sp³-hybridized carbons (Fsp3) is 0.533. The van der Waals surface area contributed by atoms with Gasteiger partial charge in [-0.1, -0.05) is 12.1 Å². The summed E-state index contributed by atoms with van der Waals surface area (Å²) < 4.78 is 5.25. The Morgan fingerprint density at radius 1 is 1.50 bits per heavy atom. The van der Waals surface area contributed by atoms with E-state index >= 15 is 0 Å². The average molecular weight is 277 g/mol. The molecule has 2 N–H and O–H groups in total. The number of nitrogens with zero attached hydrogens (tertiary/aromatic N) is 1. The molecule has 1 saturated heterocycles. The van der Waals surface area contributed by atoms with Crippen LogP contribution in [-0.2, 0) is 0 Å². The zero-order chi connectivity index (χ0) is 14.4. The topological polar surface area (TPSA) is 53.6 Å². The van der Waals surface area contributed by atoms with Gasteiger partial charge in [-0.15, -0.1) is 0 Å². The van der Waals surface area contributed by atoms with Crippen molar-refractivity contribution in [1.29, 1.82) is 0 Å². The SMILES string of the molecule is CCN(CC1CCCN1)C(=O)Nc1ccccc1OC. The van der Waals surface area contributed by atoms with Crippen molar-refractivity contribution in [2.75, 3.05) is 32.1 Å². The number of hydrogen-bond donors (Lipinski definition) is 2. The van der Waals surface area contributed by atoms with Crippen molar-refractivity contribution in [1.82, 2.24) is 10.2 Å². The molecule has 0 bridgehead atoms. The minimum absolute atomic E-state index is 0.0781. The lowest BCUT2D eigenvalue weighted by Gasteiger charge is -2.25. The Bertz CT molecular complexity index is 444. The molecule has 1 atom stereocenters. The first-order valence-corrected chi connectivity index (χ1v) is 7.17. The molecule has 5 heteroatoms. The van der Waals surface area contributed by atoms with Gasteiger partial charge in [-0.05, 0) is 38.4 Å². The van der Waals surface area contributed by atoms with E-state index in [2.05, 4.69) is 10.6 Å².